The van der Waals surface area contributed by atoms with Crippen LogP contribution in [-0.2, 0) is 6.54 Å². The molecule has 3 heteroatoms. The minimum absolute atomic E-state index is 0.853. The van der Waals surface area contributed by atoms with Crippen molar-refractivity contribution in [2.24, 2.45) is 0 Å². The highest BCUT2D eigenvalue weighted by molar-refractivity contribution is 7.08. The standard InChI is InChI=1S/C12H14N2S/c1-9-7-15-8-11(9)6-13-12-5-3-4-10(2)14-12/h3-5,7-8H,6H2,1-2H3,(H,13,14). The third-order valence-corrected chi connectivity index (χ3v) is 3.22. The maximum absolute atomic E-state index is 4.39. The molecular weight excluding hydrogens is 204 g/mol. The second-order valence-corrected chi connectivity index (χ2v) is 4.34. The highest BCUT2D eigenvalue weighted by Gasteiger charge is 1.99. The molecule has 1 N–H and O–H groups in total. The van der Waals surface area contributed by atoms with Gasteiger partial charge in [0.1, 0.15) is 5.82 Å². The summed E-state index contributed by atoms with van der Waals surface area (Å²) in [7, 11) is 0. The number of nitrogens with zero attached hydrogens (tertiary/aromatic N) is 1. The zero-order chi connectivity index (χ0) is 10.7. The number of anilines is 1. The zero-order valence-electron chi connectivity index (χ0n) is 8.95. The van der Waals surface area contributed by atoms with Crippen LogP contribution in [0.25, 0.3) is 0 Å². The summed E-state index contributed by atoms with van der Waals surface area (Å²) in [6, 6.07) is 6.01. The summed E-state index contributed by atoms with van der Waals surface area (Å²) in [5.74, 6) is 0.945. The van der Waals surface area contributed by atoms with Crippen molar-refractivity contribution in [3.05, 3.63) is 45.8 Å². The molecule has 15 heavy (non-hydrogen) atoms. The molecule has 0 spiro atoms. The van der Waals surface area contributed by atoms with Crippen molar-refractivity contribution in [3.8, 4) is 0 Å². The van der Waals surface area contributed by atoms with Gasteiger partial charge in [0, 0.05) is 12.2 Å². The molecule has 0 aromatic carbocycles. The van der Waals surface area contributed by atoms with Crippen molar-refractivity contribution in [2.45, 2.75) is 20.4 Å². The summed E-state index contributed by atoms with van der Waals surface area (Å²) in [6.07, 6.45) is 0. The van der Waals surface area contributed by atoms with Crippen LogP contribution in [0.2, 0.25) is 0 Å². The minimum Gasteiger partial charge on any atom is -0.366 e. The van der Waals surface area contributed by atoms with E-state index in [0.717, 1.165) is 18.1 Å². The van der Waals surface area contributed by atoms with Crippen LogP contribution in [0.3, 0.4) is 0 Å². The molecule has 0 amide bonds. The smallest absolute Gasteiger partial charge is 0.126 e. The summed E-state index contributed by atoms with van der Waals surface area (Å²) in [5, 5.41) is 7.67. The number of nitrogens with one attached hydrogen (secondary N) is 1. The number of pyridine rings is 1. The van der Waals surface area contributed by atoms with Crippen molar-refractivity contribution < 1.29 is 0 Å². The molecule has 0 atom stereocenters. The van der Waals surface area contributed by atoms with Gasteiger partial charge in [0.15, 0.2) is 0 Å². The Morgan fingerprint density at radius 3 is 2.80 bits per heavy atom. The van der Waals surface area contributed by atoms with Crippen molar-refractivity contribution in [2.75, 3.05) is 5.32 Å². The highest BCUT2D eigenvalue weighted by Crippen LogP contribution is 2.15. The summed E-state index contributed by atoms with van der Waals surface area (Å²) in [6.45, 7) is 4.99. The lowest BCUT2D eigenvalue weighted by atomic mass is 10.2. The van der Waals surface area contributed by atoms with Crippen molar-refractivity contribution in [3.63, 3.8) is 0 Å². The number of aromatic nitrogens is 1. The summed E-state index contributed by atoms with van der Waals surface area (Å²) in [5.41, 5.74) is 3.74. The second-order valence-electron chi connectivity index (χ2n) is 3.60. The van der Waals surface area contributed by atoms with Gasteiger partial charge in [-0.05, 0) is 47.9 Å². The molecule has 2 heterocycles. The number of hydrogen-bond acceptors (Lipinski definition) is 3. The average Bonchev–Trinajstić information content (AvgIpc) is 2.61. The first kappa shape index (κ1) is 10.2. The van der Waals surface area contributed by atoms with E-state index in [-0.39, 0.29) is 0 Å². The van der Waals surface area contributed by atoms with Gasteiger partial charge in [-0.15, -0.1) is 0 Å². The van der Waals surface area contributed by atoms with Crippen molar-refractivity contribution in [1.29, 1.82) is 0 Å². The average molecular weight is 218 g/mol. The molecule has 0 unspecified atom stereocenters. The third-order valence-electron chi connectivity index (χ3n) is 2.31. The molecule has 0 aliphatic heterocycles. The van der Waals surface area contributed by atoms with Gasteiger partial charge in [-0.25, -0.2) is 4.98 Å². The van der Waals surface area contributed by atoms with Crippen LogP contribution in [0.15, 0.2) is 29.0 Å². The Bertz CT molecular complexity index is 448. The first-order valence-corrected chi connectivity index (χ1v) is 5.89. The number of hydrogen-bond donors (Lipinski definition) is 1. The molecule has 0 radical (unpaired) electrons. The molecule has 2 aromatic rings. The van der Waals surface area contributed by atoms with Gasteiger partial charge in [0.2, 0.25) is 0 Å². The normalized spacial score (nSPS) is 10.3. The quantitative estimate of drug-likeness (QED) is 0.854. The summed E-state index contributed by atoms with van der Waals surface area (Å²) >= 11 is 1.74. The molecule has 0 aliphatic carbocycles. The largest absolute Gasteiger partial charge is 0.366 e. The molecule has 0 saturated carbocycles. The summed E-state index contributed by atoms with van der Waals surface area (Å²) in [4.78, 5) is 4.39. The van der Waals surface area contributed by atoms with E-state index in [1.54, 1.807) is 11.3 Å². The van der Waals surface area contributed by atoms with Crippen molar-refractivity contribution >= 4 is 17.2 Å². The minimum atomic E-state index is 0.853. The number of aryl methyl sites for hydroxylation is 2. The van der Waals surface area contributed by atoms with Crippen LogP contribution in [0.4, 0.5) is 5.82 Å². The first-order valence-electron chi connectivity index (χ1n) is 4.95. The number of rotatable bonds is 3. The van der Waals surface area contributed by atoms with Crippen LogP contribution in [-0.4, -0.2) is 4.98 Å². The van der Waals surface area contributed by atoms with E-state index in [2.05, 4.69) is 28.0 Å². The monoisotopic (exact) mass is 218 g/mol. The second kappa shape index (κ2) is 4.45. The maximum atomic E-state index is 4.39. The van der Waals surface area contributed by atoms with E-state index in [0.29, 0.717) is 0 Å². The SMILES string of the molecule is Cc1cccc(NCc2cscc2C)n1. The molecule has 0 bridgehead atoms. The van der Waals surface area contributed by atoms with E-state index in [1.165, 1.54) is 11.1 Å². The molecule has 2 aromatic heterocycles. The molecule has 0 fully saturated rings. The van der Waals surface area contributed by atoms with Gasteiger partial charge in [-0.3, -0.25) is 0 Å². The lowest BCUT2D eigenvalue weighted by Gasteiger charge is -2.05. The van der Waals surface area contributed by atoms with E-state index in [9.17, 15) is 0 Å². The third kappa shape index (κ3) is 2.57. The van der Waals surface area contributed by atoms with Crippen LogP contribution in [0, 0.1) is 13.8 Å². The molecule has 78 valence electrons. The molecule has 0 aliphatic rings. The Kier molecular flexibility index (Phi) is 3.02. The summed E-state index contributed by atoms with van der Waals surface area (Å²) < 4.78 is 0. The Morgan fingerprint density at radius 1 is 1.27 bits per heavy atom. The van der Waals surface area contributed by atoms with Gasteiger partial charge < -0.3 is 5.32 Å². The van der Waals surface area contributed by atoms with Crippen LogP contribution < -0.4 is 5.32 Å². The Hall–Kier alpha value is -1.35. The van der Waals surface area contributed by atoms with Crippen LogP contribution in [0.1, 0.15) is 16.8 Å². The van der Waals surface area contributed by atoms with Gasteiger partial charge in [-0.2, -0.15) is 11.3 Å². The highest BCUT2D eigenvalue weighted by atomic mass is 32.1. The molecular formula is C12H14N2S. The van der Waals surface area contributed by atoms with E-state index in [4.69, 9.17) is 0 Å². The van der Waals surface area contributed by atoms with Crippen LogP contribution >= 0.6 is 11.3 Å². The van der Waals surface area contributed by atoms with Gasteiger partial charge in [-0.1, -0.05) is 6.07 Å². The molecule has 2 nitrogen and oxygen atoms in total. The fourth-order valence-electron chi connectivity index (χ4n) is 1.40. The van der Waals surface area contributed by atoms with E-state index in [1.807, 2.05) is 25.1 Å². The molecule has 0 saturated heterocycles. The Morgan fingerprint density at radius 2 is 2.13 bits per heavy atom. The van der Waals surface area contributed by atoms with Crippen molar-refractivity contribution in [1.82, 2.24) is 4.98 Å². The van der Waals surface area contributed by atoms with Gasteiger partial charge in [0.05, 0.1) is 0 Å². The fourth-order valence-corrected chi connectivity index (χ4v) is 2.25. The zero-order valence-corrected chi connectivity index (χ0v) is 9.77. The predicted octanol–water partition coefficient (Wildman–Crippen LogP) is 3.37. The van der Waals surface area contributed by atoms with Gasteiger partial charge >= 0.3 is 0 Å². The number of thiophene rings is 1. The van der Waals surface area contributed by atoms with Crippen LogP contribution in [0.5, 0.6) is 0 Å². The lowest BCUT2D eigenvalue weighted by Crippen LogP contribution is -2.01. The first-order chi connectivity index (χ1) is 7.25. The Labute approximate surface area is 94.0 Å². The van der Waals surface area contributed by atoms with Gasteiger partial charge in [0.25, 0.3) is 0 Å². The Balaban J connectivity index is 2.02. The van der Waals surface area contributed by atoms with E-state index < -0.39 is 0 Å². The topological polar surface area (TPSA) is 24.9 Å². The van der Waals surface area contributed by atoms with E-state index >= 15 is 0 Å². The predicted molar refractivity (Wildman–Crippen MR) is 65.4 cm³/mol. The lowest BCUT2D eigenvalue weighted by molar-refractivity contribution is 1.08. The maximum Gasteiger partial charge on any atom is 0.126 e. The fraction of sp³-hybridized carbons (Fsp3) is 0.250. The molecule has 2 rings (SSSR count).